The zero-order chi connectivity index (χ0) is 27.3. The number of methoxy groups -OCH3 is 1. The van der Waals surface area contributed by atoms with E-state index in [1.54, 1.807) is 19.1 Å². The largest absolute Gasteiger partial charge is 0.478 e. The van der Waals surface area contributed by atoms with Crippen LogP contribution in [0.15, 0.2) is 41.3 Å². The lowest BCUT2D eigenvalue weighted by Gasteiger charge is -2.23. The Morgan fingerprint density at radius 3 is 2.49 bits per heavy atom. The summed E-state index contributed by atoms with van der Waals surface area (Å²) in [6, 6.07) is 6.37. The van der Waals surface area contributed by atoms with Crippen molar-refractivity contribution >= 4 is 34.4 Å². The van der Waals surface area contributed by atoms with Crippen LogP contribution in [0.25, 0.3) is 17.3 Å². The molecule has 1 heterocycles. The van der Waals surface area contributed by atoms with Crippen molar-refractivity contribution in [2.75, 3.05) is 19.0 Å². The maximum absolute atomic E-state index is 15.4. The maximum Gasteiger partial charge on any atom is 0.331 e. The molecule has 11 heteroatoms. The molecule has 0 aliphatic carbocycles. The van der Waals surface area contributed by atoms with Crippen LogP contribution in [0, 0.1) is 17.5 Å². The van der Waals surface area contributed by atoms with E-state index in [1.165, 1.54) is 25.5 Å². The quantitative estimate of drug-likeness (QED) is 0.306. The number of thiazole rings is 1. The fraction of sp³-hybridized carbons (Fsp3) is 0.269. The predicted octanol–water partition coefficient (Wildman–Crippen LogP) is 6.08. The van der Waals surface area contributed by atoms with Crippen LogP contribution in [0.5, 0.6) is 0 Å². The van der Waals surface area contributed by atoms with Gasteiger partial charge in [-0.25, -0.2) is 22.9 Å². The van der Waals surface area contributed by atoms with Crippen molar-refractivity contribution in [1.29, 1.82) is 0 Å². The molecule has 2 unspecified atom stereocenters. The van der Waals surface area contributed by atoms with Gasteiger partial charge in [-0.2, -0.15) is 0 Å². The molecule has 1 aromatic heterocycles. The number of amides is 1. The molecule has 0 spiro atoms. The number of carbonyl (C=O) groups excluding carboxylic acids is 1. The summed E-state index contributed by atoms with van der Waals surface area (Å²) in [6.45, 7) is 5.24. The summed E-state index contributed by atoms with van der Waals surface area (Å²) >= 11 is 1.01. The van der Waals surface area contributed by atoms with E-state index in [-0.39, 0.29) is 33.1 Å². The van der Waals surface area contributed by atoms with Gasteiger partial charge < -0.3 is 14.6 Å². The Morgan fingerprint density at radius 2 is 1.89 bits per heavy atom. The Morgan fingerprint density at radius 1 is 1.22 bits per heavy atom. The van der Waals surface area contributed by atoms with Gasteiger partial charge in [-0.05, 0) is 45.0 Å². The number of anilines is 1. The van der Waals surface area contributed by atoms with E-state index in [0.717, 1.165) is 29.5 Å². The first-order valence-corrected chi connectivity index (χ1v) is 12.1. The van der Waals surface area contributed by atoms with Crippen molar-refractivity contribution in [3.8, 4) is 11.3 Å². The van der Waals surface area contributed by atoms with Crippen molar-refractivity contribution in [2.45, 2.75) is 33.0 Å². The van der Waals surface area contributed by atoms with E-state index in [9.17, 15) is 18.4 Å². The summed E-state index contributed by atoms with van der Waals surface area (Å²) < 4.78 is 55.2. The second-order valence-corrected chi connectivity index (χ2v) is 8.86. The van der Waals surface area contributed by atoms with Crippen molar-refractivity contribution < 1.29 is 37.3 Å². The fourth-order valence-corrected chi connectivity index (χ4v) is 4.35. The van der Waals surface area contributed by atoms with Gasteiger partial charge in [0, 0.05) is 46.9 Å². The average Bonchev–Trinajstić information content (AvgIpc) is 3.30. The highest BCUT2D eigenvalue weighted by Crippen LogP contribution is 2.33. The van der Waals surface area contributed by atoms with Crippen LogP contribution < -0.4 is 5.32 Å². The number of halogens is 3. The van der Waals surface area contributed by atoms with E-state index < -0.39 is 47.1 Å². The molecule has 2 N–H and O–H groups in total. The molecule has 0 saturated heterocycles. The van der Waals surface area contributed by atoms with Gasteiger partial charge in [0.1, 0.15) is 23.6 Å². The maximum atomic E-state index is 15.4. The second kappa shape index (κ2) is 12.1. The van der Waals surface area contributed by atoms with Crippen LogP contribution in [0.4, 0.5) is 18.3 Å². The standard InChI is InChI=1S/C26H25F3N2O5S/c1-5-36-14(3)23(35-4)17-8-6-7-16(22(17)29)21-12-37-26(30-21)31-24(32)15-10-19(27)18(20(28)11-15)9-13(2)25(33)34/h6-12,14,23H,5H2,1-4H3,(H,33,34)(H,30,31,32). The van der Waals surface area contributed by atoms with Gasteiger partial charge in [-0.3, -0.25) is 10.1 Å². The highest BCUT2D eigenvalue weighted by atomic mass is 32.1. The minimum atomic E-state index is -1.33. The lowest BCUT2D eigenvalue weighted by atomic mass is 10.00. The second-order valence-electron chi connectivity index (χ2n) is 8.00. The minimum absolute atomic E-state index is 0.0855. The van der Waals surface area contributed by atoms with Crippen LogP contribution in [0.2, 0.25) is 0 Å². The molecule has 3 rings (SSSR count). The Labute approximate surface area is 215 Å². The molecule has 0 saturated carbocycles. The van der Waals surface area contributed by atoms with Crippen molar-refractivity contribution in [3.05, 3.63) is 75.4 Å². The first-order valence-electron chi connectivity index (χ1n) is 11.2. The third-order valence-electron chi connectivity index (χ3n) is 5.48. The predicted molar refractivity (Wildman–Crippen MR) is 134 cm³/mol. The first kappa shape index (κ1) is 28.0. The minimum Gasteiger partial charge on any atom is -0.478 e. The number of carboxylic acid groups (broad SMARTS) is 1. The summed E-state index contributed by atoms with van der Waals surface area (Å²) in [5.74, 6) is -4.92. The number of hydrogen-bond acceptors (Lipinski definition) is 6. The van der Waals surface area contributed by atoms with Crippen LogP contribution >= 0.6 is 11.3 Å². The lowest BCUT2D eigenvalue weighted by molar-refractivity contribution is -0.132. The molecule has 2 aromatic carbocycles. The Balaban J connectivity index is 1.84. The summed E-state index contributed by atoms with van der Waals surface area (Å²) in [6.07, 6.45) is -0.214. The first-order chi connectivity index (χ1) is 17.6. The van der Waals surface area contributed by atoms with Gasteiger partial charge in [0.2, 0.25) is 0 Å². The zero-order valence-electron chi connectivity index (χ0n) is 20.5. The number of hydrogen-bond donors (Lipinski definition) is 2. The third-order valence-corrected chi connectivity index (χ3v) is 6.24. The number of benzene rings is 2. The molecule has 3 aromatic rings. The molecular weight excluding hydrogens is 509 g/mol. The van der Waals surface area contributed by atoms with E-state index >= 15 is 4.39 Å². The van der Waals surface area contributed by atoms with E-state index in [2.05, 4.69) is 10.3 Å². The van der Waals surface area contributed by atoms with Gasteiger partial charge >= 0.3 is 5.97 Å². The molecule has 2 atom stereocenters. The Bertz CT molecular complexity index is 1320. The number of nitrogens with zero attached hydrogens (tertiary/aromatic N) is 1. The summed E-state index contributed by atoms with van der Waals surface area (Å²) in [5.41, 5.74) is -0.458. The topological polar surface area (TPSA) is 97.8 Å². The number of rotatable bonds is 10. The van der Waals surface area contributed by atoms with Gasteiger partial charge in [-0.1, -0.05) is 12.1 Å². The highest BCUT2D eigenvalue weighted by molar-refractivity contribution is 7.14. The molecule has 0 radical (unpaired) electrons. The molecule has 37 heavy (non-hydrogen) atoms. The van der Waals surface area contributed by atoms with Crippen molar-refractivity contribution in [3.63, 3.8) is 0 Å². The molecule has 0 aliphatic heterocycles. The number of aliphatic carboxylic acids is 1. The number of aromatic nitrogens is 1. The molecule has 7 nitrogen and oxygen atoms in total. The number of nitrogens with one attached hydrogen (secondary N) is 1. The van der Waals surface area contributed by atoms with Gasteiger partial charge in [-0.15, -0.1) is 11.3 Å². The van der Waals surface area contributed by atoms with Crippen LogP contribution in [0.1, 0.15) is 48.4 Å². The molecule has 0 bridgehead atoms. The van der Waals surface area contributed by atoms with Gasteiger partial charge in [0.25, 0.3) is 5.91 Å². The summed E-state index contributed by atoms with van der Waals surface area (Å²) in [4.78, 5) is 27.8. The summed E-state index contributed by atoms with van der Waals surface area (Å²) in [5, 5.41) is 13.0. The van der Waals surface area contributed by atoms with Gasteiger partial charge in [0.05, 0.1) is 11.8 Å². The number of carbonyl (C=O) groups is 2. The lowest BCUT2D eigenvalue weighted by Crippen LogP contribution is -2.22. The number of carboxylic acids is 1. The summed E-state index contributed by atoms with van der Waals surface area (Å²) in [7, 11) is 1.46. The molecule has 0 fully saturated rings. The van der Waals surface area contributed by atoms with Crippen molar-refractivity contribution in [1.82, 2.24) is 4.98 Å². The monoisotopic (exact) mass is 534 g/mol. The Kier molecular flexibility index (Phi) is 9.19. The molecule has 0 aliphatic rings. The zero-order valence-corrected chi connectivity index (χ0v) is 21.3. The Hall–Kier alpha value is -3.54. The van der Waals surface area contributed by atoms with Crippen LogP contribution in [0.3, 0.4) is 0 Å². The van der Waals surface area contributed by atoms with Crippen LogP contribution in [-0.4, -0.2) is 41.8 Å². The number of ether oxygens (including phenoxy) is 2. The highest BCUT2D eigenvalue weighted by Gasteiger charge is 2.25. The van der Waals surface area contributed by atoms with E-state index in [4.69, 9.17) is 14.6 Å². The fourth-order valence-electron chi connectivity index (χ4n) is 3.64. The normalized spacial score (nSPS) is 13.3. The molecule has 196 valence electrons. The van der Waals surface area contributed by atoms with Gasteiger partial charge in [0.15, 0.2) is 5.13 Å². The molecule has 1 amide bonds. The van der Waals surface area contributed by atoms with Crippen molar-refractivity contribution in [2.24, 2.45) is 0 Å². The average molecular weight is 535 g/mol. The SMILES string of the molecule is CCOC(C)C(OC)c1cccc(-c2csc(NC(=O)c3cc(F)c(C=C(C)C(=O)O)c(F)c3)n2)c1F. The third kappa shape index (κ3) is 6.43. The van der Waals surface area contributed by atoms with Crippen LogP contribution in [-0.2, 0) is 14.3 Å². The smallest absolute Gasteiger partial charge is 0.331 e. The van der Waals surface area contributed by atoms with E-state index in [1.807, 2.05) is 6.92 Å². The van der Waals surface area contributed by atoms with E-state index in [0.29, 0.717) is 6.61 Å². The molecular formula is C26H25F3N2O5S.